The minimum atomic E-state index is -0.499. The first-order valence-electron chi connectivity index (χ1n) is 11.6. The van der Waals surface area contributed by atoms with Gasteiger partial charge in [-0.25, -0.2) is 9.18 Å². The van der Waals surface area contributed by atoms with Gasteiger partial charge in [0.25, 0.3) is 11.5 Å². The van der Waals surface area contributed by atoms with E-state index in [4.69, 9.17) is 0 Å². The number of hydrogen-bond donors (Lipinski definition) is 1. The van der Waals surface area contributed by atoms with Crippen molar-refractivity contribution < 1.29 is 9.18 Å². The Hall–Kier alpha value is -4.20. The fourth-order valence-electron chi connectivity index (χ4n) is 4.52. The number of halogens is 1. The highest BCUT2D eigenvalue weighted by Gasteiger charge is 2.24. The van der Waals surface area contributed by atoms with Crippen molar-refractivity contribution in [1.82, 2.24) is 14.5 Å². The molecule has 0 radical (unpaired) electrons. The summed E-state index contributed by atoms with van der Waals surface area (Å²) < 4.78 is 15.3. The maximum Gasteiger partial charge on any atom is 0.328 e. The van der Waals surface area contributed by atoms with Crippen molar-refractivity contribution >= 4 is 22.5 Å². The van der Waals surface area contributed by atoms with Gasteiger partial charge in [0, 0.05) is 38.3 Å². The molecule has 1 aromatic heterocycles. The number of nitrogens with one attached hydrogen (secondary N) is 1. The zero-order valence-electron chi connectivity index (χ0n) is 19.1. The van der Waals surface area contributed by atoms with Crippen LogP contribution in [0.4, 0.5) is 10.1 Å². The molecule has 0 saturated carbocycles. The summed E-state index contributed by atoms with van der Waals surface area (Å²) in [5.41, 5.74) is 1.43. The molecule has 0 bridgehead atoms. The summed E-state index contributed by atoms with van der Waals surface area (Å²) in [7, 11) is 0. The zero-order valence-corrected chi connectivity index (χ0v) is 19.1. The van der Waals surface area contributed by atoms with E-state index in [2.05, 4.69) is 4.98 Å². The molecule has 0 unspecified atom stereocenters. The van der Waals surface area contributed by atoms with E-state index in [1.165, 1.54) is 10.6 Å². The van der Waals surface area contributed by atoms with Gasteiger partial charge in [0.2, 0.25) is 0 Å². The lowest BCUT2D eigenvalue weighted by atomic mass is 10.1. The van der Waals surface area contributed by atoms with Crippen LogP contribution in [0, 0.1) is 5.82 Å². The van der Waals surface area contributed by atoms with Crippen molar-refractivity contribution in [2.24, 2.45) is 0 Å². The Morgan fingerprint density at radius 3 is 2.34 bits per heavy atom. The predicted octanol–water partition coefficient (Wildman–Crippen LogP) is 3.03. The molecular weight excluding hydrogens is 447 g/mol. The van der Waals surface area contributed by atoms with Crippen molar-refractivity contribution in [3.05, 3.63) is 111 Å². The summed E-state index contributed by atoms with van der Waals surface area (Å²) in [5.74, 6) is -0.464. The zero-order chi connectivity index (χ0) is 24.4. The van der Waals surface area contributed by atoms with Gasteiger partial charge in [-0.15, -0.1) is 0 Å². The van der Waals surface area contributed by atoms with Gasteiger partial charge >= 0.3 is 5.69 Å². The summed E-state index contributed by atoms with van der Waals surface area (Å²) in [6.45, 7) is 2.19. The second-order valence-electron chi connectivity index (χ2n) is 8.61. The predicted molar refractivity (Wildman–Crippen MR) is 133 cm³/mol. The number of rotatable bonds is 5. The molecule has 5 rings (SSSR count). The van der Waals surface area contributed by atoms with Crippen LogP contribution in [0.1, 0.15) is 15.9 Å². The Labute approximate surface area is 201 Å². The van der Waals surface area contributed by atoms with Crippen LogP contribution in [-0.4, -0.2) is 46.5 Å². The summed E-state index contributed by atoms with van der Waals surface area (Å²) in [5, 5.41) is 0.360. The van der Waals surface area contributed by atoms with E-state index < -0.39 is 5.69 Å². The molecular formula is C27H25FN4O3. The van der Waals surface area contributed by atoms with Gasteiger partial charge in [-0.05, 0) is 42.3 Å². The third-order valence-electron chi connectivity index (χ3n) is 6.46. The average Bonchev–Trinajstić information content (AvgIpc) is 2.89. The first-order chi connectivity index (χ1) is 17.0. The third kappa shape index (κ3) is 4.59. The van der Waals surface area contributed by atoms with E-state index in [1.807, 2.05) is 35.2 Å². The number of benzene rings is 3. The van der Waals surface area contributed by atoms with Crippen LogP contribution in [0.15, 0.2) is 82.4 Å². The molecule has 0 aliphatic carbocycles. The Balaban J connectivity index is 1.32. The number of anilines is 1. The SMILES string of the molecule is O=C(c1ccc2c(=O)n(CCc3ccccc3)c(=O)[nH]c2c1)N1CCN(c2ccccc2F)CC1. The van der Waals surface area contributed by atoms with Crippen molar-refractivity contribution in [2.45, 2.75) is 13.0 Å². The number of nitrogens with zero attached hydrogens (tertiary/aromatic N) is 3. The molecule has 2 heterocycles. The second-order valence-corrected chi connectivity index (χ2v) is 8.61. The van der Waals surface area contributed by atoms with Crippen LogP contribution >= 0.6 is 0 Å². The molecule has 0 atom stereocenters. The number of carbonyl (C=O) groups excluding carboxylic acids is 1. The van der Waals surface area contributed by atoms with Crippen molar-refractivity contribution in [3.8, 4) is 0 Å². The van der Waals surface area contributed by atoms with Gasteiger partial charge in [0.1, 0.15) is 5.82 Å². The number of para-hydroxylation sites is 1. The van der Waals surface area contributed by atoms with Gasteiger partial charge in [-0.3, -0.25) is 14.2 Å². The Bertz CT molecular complexity index is 1490. The minimum absolute atomic E-state index is 0.186. The number of hydrogen-bond acceptors (Lipinski definition) is 4. The van der Waals surface area contributed by atoms with E-state index in [0.717, 1.165) is 5.56 Å². The molecule has 35 heavy (non-hydrogen) atoms. The van der Waals surface area contributed by atoms with E-state index in [0.29, 0.717) is 54.8 Å². The first-order valence-corrected chi connectivity index (χ1v) is 11.6. The topological polar surface area (TPSA) is 78.4 Å². The van der Waals surface area contributed by atoms with Crippen LogP contribution in [-0.2, 0) is 13.0 Å². The molecule has 0 spiro atoms. The standard InChI is InChI=1S/C27H25FN4O3/c28-22-8-4-5-9-24(22)30-14-16-31(17-15-30)25(33)20-10-11-21-23(18-20)29-27(35)32(26(21)34)13-12-19-6-2-1-3-7-19/h1-11,18H,12-17H2,(H,29,35). The maximum absolute atomic E-state index is 14.1. The highest BCUT2D eigenvalue weighted by molar-refractivity contribution is 5.97. The van der Waals surface area contributed by atoms with Gasteiger partial charge < -0.3 is 14.8 Å². The highest BCUT2D eigenvalue weighted by atomic mass is 19.1. The lowest BCUT2D eigenvalue weighted by molar-refractivity contribution is 0.0747. The number of amides is 1. The maximum atomic E-state index is 14.1. The first kappa shape index (κ1) is 22.6. The molecule has 178 valence electrons. The minimum Gasteiger partial charge on any atom is -0.366 e. The van der Waals surface area contributed by atoms with E-state index >= 15 is 0 Å². The molecule has 3 aromatic carbocycles. The van der Waals surface area contributed by atoms with E-state index in [-0.39, 0.29) is 23.8 Å². The largest absolute Gasteiger partial charge is 0.366 e. The Morgan fingerprint density at radius 2 is 1.60 bits per heavy atom. The summed E-state index contributed by atoms with van der Waals surface area (Å²) in [4.78, 5) is 45.1. The summed E-state index contributed by atoms with van der Waals surface area (Å²) in [6.07, 6.45) is 0.560. The molecule has 1 N–H and O–H groups in total. The number of aromatic nitrogens is 2. The molecule has 4 aromatic rings. The van der Waals surface area contributed by atoms with Crippen molar-refractivity contribution in [3.63, 3.8) is 0 Å². The fourth-order valence-corrected chi connectivity index (χ4v) is 4.52. The summed E-state index contributed by atoms with van der Waals surface area (Å²) in [6, 6.07) is 21.0. The molecule has 1 fully saturated rings. The molecule has 7 nitrogen and oxygen atoms in total. The fraction of sp³-hybridized carbons (Fsp3) is 0.222. The summed E-state index contributed by atoms with van der Waals surface area (Å²) >= 11 is 0. The van der Waals surface area contributed by atoms with Gasteiger partial charge in [0.15, 0.2) is 0 Å². The monoisotopic (exact) mass is 472 g/mol. The average molecular weight is 473 g/mol. The second kappa shape index (κ2) is 9.58. The Morgan fingerprint density at radius 1 is 0.886 bits per heavy atom. The van der Waals surface area contributed by atoms with Crippen LogP contribution in [0.25, 0.3) is 10.9 Å². The molecule has 1 amide bonds. The lowest BCUT2D eigenvalue weighted by Gasteiger charge is -2.36. The van der Waals surface area contributed by atoms with Crippen LogP contribution in [0.3, 0.4) is 0 Å². The smallest absolute Gasteiger partial charge is 0.328 e. The molecule has 8 heteroatoms. The van der Waals surface area contributed by atoms with Crippen molar-refractivity contribution in [1.29, 1.82) is 0 Å². The van der Waals surface area contributed by atoms with Crippen LogP contribution in [0.5, 0.6) is 0 Å². The van der Waals surface area contributed by atoms with Crippen molar-refractivity contribution in [2.75, 3.05) is 31.1 Å². The molecule has 1 saturated heterocycles. The number of fused-ring (bicyclic) bond motifs is 1. The van der Waals surface area contributed by atoms with E-state index in [9.17, 15) is 18.8 Å². The number of piperazine rings is 1. The van der Waals surface area contributed by atoms with Gasteiger partial charge in [-0.1, -0.05) is 42.5 Å². The number of aryl methyl sites for hydroxylation is 1. The highest BCUT2D eigenvalue weighted by Crippen LogP contribution is 2.21. The molecule has 1 aliphatic heterocycles. The quantitative estimate of drug-likeness (QED) is 0.484. The molecule has 1 aliphatic rings. The van der Waals surface area contributed by atoms with Crippen LogP contribution in [0.2, 0.25) is 0 Å². The Kier molecular flexibility index (Phi) is 6.18. The lowest BCUT2D eigenvalue weighted by Crippen LogP contribution is -2.49. The normalized spacial score (nSPS) is 13.9. The number of H-pyrrole nitrogens is 1. The number of aromatic amines is 1. The van der Waals surface area contributed by atoms with E-state index in [1.54, 1.807) is 41.3 Å². The third-order valence-corrected chi connectivity index (χ3v) is 6.46. The van der Waals surface area contributed by atoms with Crippen LogP contribution < -0.4 is 16.1 Å². The number of carbonyl (C=O) groups is 1. The van der Waals surface area contributed by atoms with Gasteiger partial charge in [-0.2, -0.15) is 0 Å². The van der Waals surface area contributed by atoms with Gasteiger partial charge in [0.05, 0.1) is 16.6 Å².